The van der Waals surface area contributed by atoms with Gasteiger partial charge in [0.1, 0.15) is 0 Å². The monoisotopic (exact) mass is 261 g/mol. The van der Waals surface area contributed by atoms with Crippen LogP contribution in [0.25, 0.3) is 0 Å². The SMILES string of the molecule is CCCCCC(N)OC(=O)c1ccccc1.[KH]. The molecule has 1 unspecified atom stereocenters. The molecule has 90 valence electrons. The normalized spacial score (nSPS) is 11.4. The van der Waals surface area contributed by atoms with Crippen LogP contribution in [0.4, 0.5) is 0 Å². The molecule has 0 aromatic heterocycles. The van der Waals surface area contributed by atoms with E-state index in [9.17, 15) is 4.79 Å². The Morgan fingerprint density at radius 1 is 1.29 bits per heavy atom. The molecule has 3 nitrogen and oxygen atoms in total. The summed E-state index contributed by atoms with van der Waals surface area (Å²) < 4.78 is 5.12. The van der Waals surface area contributed by atoms with Gasteiger partial charge in [-0.3, -0.25) is 5.73 Å². The van der Waals surface area contributed by atoms with E-state index in [-0.39, 0.29) is 57.4 Å². The molecule has 0 aliphatic rings. The quantitative estimate of drug-likeness (QED) is 0.369. The van der Waals surface area contributed by atoms with Crippen LogP contribution >= 0.6 is 0 Å². The van der Waals surface area contributed by atoms with Crippen molar-refractivity contribution in [2.45, 2.75) is 38.8 Å². The fourth-order valence-corrected chi connectivity index (χ4v) is 1.43. The van der Waals surface area contributed by atoms with E-state index in [2.05, 4.69) is 6.92 Å². The summed E-state index contributed by atoms with van der Waals surface area (Å²) in [6.45, 7) is 2.13. The Labute approximate surface area is 146 Å². The number of carbonyl (C=O) groups excluding carboxylic acids is 1. The zero-order chi connectivity index (χ0) is 11.8. The van der Waals surface area contributed by atoms with Gasteiger partial charge in [-0.25, -0.2) is 4.79 Å². The number of carbonyl (C=O) groups is 1. The van der Waals surface area contributed by atoms with Gasteiger partial charge in [-0.2, -0.15) is 0 Å². The molecule has 0 bridgehead atoms. The number of benzene rings is 1. The van der Waals surface area contributed by atoms with Crippen LogP contribution in [0.3, 0.4) is 0 Å². The predicted molar refractivity (Wildman–Crippen MR) is 71.1 cm³/mol. The first-order valence-electron chi connectivity index (χ1n) is 5.75. The van der Waals surface area contributed by atoms with E-state index < -0.39 is 6.23 Å². The Balaban J connectivity index is 0.00000256. The van der Waals surface area contributed by atoms with Gasteiger partial charge in [0.15, 0.2) is 6.23 Å². The third kappa shape index (κ3) is 7.34. The third-order valence-corrected chi connectivity index (χ3v) is 2.36. The number of ether oxygens (including phenoxy) is 1. The van der Waals surface area contributed by atoms with Crippen LogP contribution in [-0.2, 0) is 4.74 Å². The summed E-state index contributed by atoms with van der Waals surface area (Å²) in [7, 11) is 0. The molecule has 0 aliphatic heterocycles. The van der Waals surface area contributed by atoms with Gasteiger partial charge < -0.3 is 4.74 Å². The average molecular weight is 261 g/mol. The summed E-state index contributed by atoms with van der Waals surface area (Å²) >= 11 is 0. The first-order chi connectivity index (χ1) is 7.74. The van der Waals surface area contributed by atoms with E-state index in [0.29, 0.717) is 5.56 Å². The predicted octanol–water partition coefficient (Wildman–Crippen LogP) is 2.06. The van der Waals surface area contributed by atoms with Gasteiger partial charge >= 0.3 is 57.4 Å². The van der Waals surface area contributed by atoms with Crippen molar-refractivity contribution >= 4 is 57.4 Å². The molecule has 1 aromatic carbocycles. The fraction of sp³-hybridized carbons (Fsp3) is 0.462. The molecule has 2 N–H and O–H groups in total. The van der Waals surface area contributed by atoms with Crippen molar-refractivity contribution in [3.63, 3.8) is 0 Å². The van der Waals surface area contributed by atoms with Gasteiger partial charge in [-0.1, -0.05) is 38.0 Å². The second-order valence-corrected chi connectivity index (χ2v) is 3.81. The summed E-state index contributed by atoms with van der Waals surface area (Å²) in [5.41, 5.74) is 6.26. The van der Waals surface area contributed by atoms with Crippen molar-refractivity contribution in [2.24, 2.45) is 5.73 Å². The molecule has 0 radical (unpaired) electrons. The van der Waals surface area contributed by atoms with E-state index in [1.54, 1.807) is 24.3 Å². The van der Waals surface area contributed by atoms with Gasteiger partial charge in [0.05, 0.1) is 5.56 Å². The number of nitrogens with two attached hydrogens (primary N) is 1. The maximum atomic E-state index is 11.6. The van der Waals surface area contributed by atoms with E-state index >= 15 is 0 Å². The maximum absolute atomic E-state index is 11.6. The molecule has 0 saturated heterocycles. The molecule has 4 heteroatoms. The number of unbranched alkanes of at least 4 members (excludes halogenated alkanes) is 2. The van der Waals surface area contributed by atoms with Crippen molar-refractivity contribution in [2.75, 3.05) is 0 Å². The summed E-state index contributed by atoms with van der Waals surface area (Å²) in [5, 5.41) is 0. The molecule has 1 atom stereocenters. The molecule has 1 rings (SSSR count). The third-order valence-electron chi connectivity index (χ3n) is 2.36. The van der Waals surface area contributed by atoms with E-state index in [1.807, 2.05) is 6.07 Å². The summed E-state index contributed by atoms with van der Waals surface area (Å²) in [4.78, 5) is 11.6. The Morgan fingerprint density at radius 3 is 2.53 bits per heavy atom. The first-order valence-corrected chi connectivity index (χ1v) is 5.75. The van der Waals surface area contributed by atoms with Crippen LogP contribution in [0.5, 0.6) is 0 Å². The molecule has 1 aromatic rings. The van der Waals surface area contributed by atoms with Crippen LogP contribution < -0.4 is 5.73 Å². The Morgan fingerprint density at radius 2 is 1.94 bits per heavy atom. The minimum atomic E-state index is -0.487. The summed E-state index contributed by atoms with van der Waals surface area (Å²) in [6, 6.07) is 8.92. The molecule has 0 saturated carbocycles. The Bertz CT molecular complexity index is 316. The molecular weight excluding hydrogens is 241 g/mol. The van der Waals surface area contributed by atoms with E-state index in [1.165, 1.54) is 0 Å². The number of rotatable bonds is 6. The van der Waals surface area contributed by atoms with Crippen molar-refractivity contribution in [1.82, 2.24) is 0 Å². The van der Waals surface area contributed by atoms with E-state index in [0.717, 1.165) is 25.7 Å². The van der Waals surface area contributed by atoms with Crippen LogP contribution in [0.15, 0.2) is 30.3 Å². The van der Waals surface area contributed by atoms with Crippen molar-refractivity contribution in [1.29, 1.82) is 0 Å². The fourth-order valence-electron chi connectivity index (χ4n) is 1.43. The van der Waals surface area contributed by atoms with Crippen LogP contribution in [-0.4, -0.2) is 63.6 Å². The average Bonchev–Trinajstić information content (AvgIpc) is 2.30. The zero-order valence-corrected chi connectivity index (χ0v) is 9.69. The van der Waals surface area contributed by atoms with Crippen molar-refractivity contribution in [3.05, 3.63) is 35.9 Å². The number of esters is 1. The molecule has 0 heterocycles. The summed E-state index contributed by atoms with van der Waals surface area (Å²) in [6.07, 6.45) is 3.50. The standard InChI is InChI=1S/C13H19NO2.K.H/c1-2-3-5-10-12(14)16-13(15)11-8-6-4-7-9-11;;/h4,6-9,12H,2-3,5,10,14H2,1H3;;. The molecule has 17 heavy (non-hydrogen) atoms. The Hall–Kier alpha value is 0.286. The van der Waals surface area contributed by atoms with Crippen LogP contribution in [0, 0.1) is 0 Å². The Kier molecular flexibility index (Phi) is 10.4. The number of hydrogen-bond acceptors (Lipinski definition) is 3. The van der Waals surface area contributed by atoms with E-state index in [4.69, 9.17) is 10.5 Å². The zero-order valence-electron chi connectivity index (χ0n) is 9.69. The molecule has 0 spiro atoms. The van der Waals surface area contributed by atoms with Crippen molar-refractivity contribution < 1.29 is 9.53 Å². The second kappa shape index (κ2) is 10.2. The second-order valence-electron chi connectivity index (χ2n) is 3.81. The summed E-state index contributed by atoms with van der Waals surface area (Å²) in [5.74, 6) is -0.343. The molecule has 0 amide bonds. The first kappa shape index (κ1) is 17.3. The molecule has 0 fully saturated rings. The van der Waals surface area contributed by atoms with Gasteiger partial charge in [0, 0.05) is 0 Å². The van der Waals surface area contributed by atoms with Gasteiger partial charge in [-0.15, -0.1) is 0 Å². The van der Waals surface area contributed by atoms with Crippen LogP contribution in [0.1, 0.15) is 43.0 Å². The molecule has 0 aliphatic carbocycles. The molecular formula is C13H20KNO2. The van der Waals surface area contributed by atoms with Crippen LogP contribution in [0.2, 0.25) is 0 Å². The van der Waals surface area contributed by atoms with Gasteiger partial charge in [0.2, 0.25) is 0 Å². The van der Waals surface area contributed by atoms with Crippen molar-refractivity contribution in [3.8, 4) is 0 Å². The van der Waals surface area contributed by atoms with Gasteiger partial charge in [-0.05, 0) is 25.0 Å². The van der Waals surface area contributed by atoms with Gasteiger partial charge in [0.25, 0.3) is 0 Å². The topological polar surface area (TPSA) is 52.3 Å². The minimum absolute atomic E-state index is 0. The number of hydrogen-bond donors (Lipinski definition) is 1.